The Kier molecular flexibility index (Phi) is 5.94. The molecular formula is C13H14Cl2F3NOS. The van der Waals surface area contributed by atoms with E-state index >= 15 is 0 Å². The summed E-state index contributed by atoms with van der Waals surface area (Å²) in [5, 5.41) is 0.650. The molecule has 1 aromatic rings. The maximum atomic E-state index is 12.1. The zero-order chi connectivity index (χ0) is 15.5. The molecule has 0 radical (unpaired) electrons. The van der Waals surface area contributed by atoms with Crippen LogP contribution in [0, 0.1) is 0 Å². The van der Waals surface area contributed by atoms with Gasteiger partial charge in [-0.3, -0.25) is 4.90 Å². The Bertz CT molecular complexity index is 470. The van der Waals surface area contributed by atoms with Gasteiger partial charge in [-0.05, 0) is 25.9 Å². The third kappa shape index (κ3) is 5.43. The van der Waals surface area contributed by atoms with Gasteiger partial charge in [-0.25, -0.2) is 0 Å². The Morgan fingerprint density at radius 3 is 2.19 bits per heavy atom. The summed E-state index contributed by atoms with van der Waals surface area (Å²) in [7, 11) is 0. The lowest BCUT2D eigenvalue weighted by molar-refractivity contribution is -0.0369. The third-order valence-electron chi connectivity index (χ3n) is 3.18. The summed E-state index contributed by atoms with van der Waals surface area (Å²) in [6.07, 6.45) is 3.50. The number of nitrogens with zero attached hydrogens (tertiary/aromatic N) is 1. The number of alkyl halides is 3. The molecule has 1 saturated heterocycles. The van der Waals surface area contributed by atoms with E-state index < -0.39 is 17.6 Å². The maximum absolute atomic E-state index is 12.1. The molecule has 0 amide bonds. The van der Waals surface area contributed by atoms with E-state index in [2.05, 4.69) is 9.08 Å². The van der Waals surface area contributed by atoms with E-state index in [1.807, 2.05) is 0 Å². The van der Waals surface area contributed by atoms with Crippen LogP contribution in [0.1, 0.15) is 24.8 Å². The molecule has 1 aliphatic rings. The minimum absolute atomic E-state index is 0.00489. The van der Waals surface area contributed by atoms with Crippen LogP contribution in [0.5, 0.6) is 5.75 Å². The Labute approximate surface area is 135 Å². The molecule has 1 aliphatic heterocycles. The molecule has 0 spiro atoms. The molecule has 2 rings (SSSR count). The number of likely N-dealkylation sites (tertiary alicyclic amines) is 1. The van der Waals surface area contributed by atoms with Gasteiger partial charge in [-0.15, -0.1) is 0 Å². The molecule has 0 atom stereocenters. The van der Waals surface area contributed by atoms with Gasteiger partial charge >= 0.3 is 5.51 Å². The van der Waals surface area contributed by atoms with Crippen molar-refractivity contribution in [1.82, 2.24) is 4.90 Å². The highest BCUT2D eigenvalue weighted by atomic mass is 35.5. The summed E-state index contributed by atoms with van der Waals surface area (Å²) < 4.78 is 40.9. The summed E-state index contributed by atoms with van der Waals surface area (Å²) >= 11 is 11.7. The van der Waals surface area contributed by atoms with Crippen molar-refractivity contribution in [3.63, 3.8) is 0 Å². The molecule has 21 heavy (non-hydrogen) atoms. The Morgan fingerprint density at radius 1 is 1.10 bits per heavy atom. The molecule has 0 unspecified atom stereocenters. The van der Waals surface area contributed by atoms with Crippen molar-refractivity contribution < 1.29 is 17.4 Å². The first-order valence-electron chi connectivity index (χ1n) is 6.48. The number of piperidine rings is 1. The molecule has 118 valence electrons. The zero-order valence-electron chi connectivity index (χ0n) is 11.1. The molecule has 1 fully saturated rings. The van der Waals surface area contributed by atoms with Crippen LogP contribution < -0.4 is 4.18 Å². The molecular weight excluding hydrogens is 346 g/mol. The largest absolute Gasteiger partial charge is 0.479 e. The Balaban J connectivity index is 2.05. The van der Waals surface area contributed by atoms with Crippen LogP contribution >= 0.6 is 35.2 Å². The van der Waals surface area contributed by atoms with Crippen LogP contribution in [0.4, 0.5) is 13.2 Å². The summed E-state index contributed by atoms with van der Waals surface area (Å²) in [5.41, 5.74) is -3.74. The molecule has 0 aromatic heterocycles. The van der Waals surface area contributed by atoms with E-state index in [9.17, 15) is 13.2 Å². The van der Waals surface area contributed by atoms with Crippen molar-refractivity contribution >= 4 is 35.2 Å². The smallest absolute Gasteiger partial charge is 0.417 e. The molecule has 0 aliphatic carbocycles. The van der Waals surface area contributed by atoms with Gasteiger partial charge in [-0.1, -0.05) is 29.6 Å². The van der Waals surface area contributed by atoms with Crippen molar-refractivity contribution in [3.8, 4) is 5.75 Å². The van der Waals surface area contributed by atoms with Gasteiger partial charge in [0, 0.05) is 24.2 Å². The lowest BCUT2D eigenvalue weighted by atomic mass is 10.1. The minimum Gasteiger partial charge on any atom is -0.417 e. The SMILES string of the molecule is FC(F)(F)SOc1cc(Cl)c(CN2CCCCC2)c(Cl)c1. The second-order valence-electron chi connectivity index (χ2n) is 4.81. The molecule has 8 heteroatoms. The predicted octanol–water partition coefficient (Wildman–Crippen LogP) is 5.53. The molecule has 0 N–H and O–H groups in total. The summed E-state index contributed by atoms with van der Waals surface area (Å²) in [6.45, 7) is 2.56. The summed E-state index contributed by atoms with van der Waals surface area (Å²) in [6, 6.07) is 2.73. The first kappa shape index (κ1) is 17.1. The van der Waals surface area contributed by atoms with Crippen LogP contribution in [-0.2, 0) is 6.54 Å². The van der Waals surface area contributed by atoms with Crippen LogP contribution in [0.25, 0.3) is 0 Å². The van der Waals surface area contributed by atoms with Crippen molar-refractivity contribution in [1.29, 1.82) is 0 Å². The molecule has 1 heterocycles. The van der Waals surface area contributed by atoms with E-state index in [-0.39, 0.29) is 5.75 Å². The quantitative estimate of drug-likeness (QED) is 0.656. The zero-order valence-corrected chi connectivity index (χ0v) is 13.4. The first-order valence-corrected chi connectivity index (χ1v) is 7.97. The summed E-state index contributed by atoms with van der Waals surface area (Å²) in [5.74, 6) is -0.00489. The van der Waals surface area contributed by atoms with Gasteiger partial charge in [-0.2, -0.15) is 13.2 Å². The fourth-order valence-electron chi connectivity index (χ4n) is 2.22. The molecule has 0 saturated carbocycles. The predicted molar refractivity (Wildman–Crippen MR) is 79.9 cm³/mol. The number of benzene rings is 1. The average Bonchev–Trinajstić information content (AvgIpc) is 2.41. The average molecular weight is 360 g/mol. The van der Waals surface area contributed by atoms with Crippen molar-refractivity contribution in [2.75, 3.05) is 13.1 Å². The Hall–Kier alpha value is -0.300. The van der Waals surface area contributed by atoms with E-state index in [1.54, 1.807) is 0 Å². The normalized spacial score (nSPS) is 17.0. The maximum Gasteiger partial charge on any atom is 0.479 e. The number of hydrogen-bond donors (Lipinski definition) is 0. The van der Waals surface area contributed by atoms with Crippen LogP contribution in [0.3, 0.4) is 0 Å². The monoisotopic (exact) mass is 359 g/mol. The third-order valence-corrected chi connectivity index (χ3v) is 4.32. The lowest BCUT2D eigenvalue weighted by Crippen LogP contribution is -2.29. The fraction of sp³-hybridized carbons (Fsp3) is 0.538. The van der Waals surface area contributed by atoms with E-state index in [4.69, 9.17) is 23.2 Å². The highest BCUT2D eigenvalue weighted by Gasteiger charge is 2.31. The van der Waals surface area contributed by atoms with Crippen LogP contribution in [0.2, 0.25) is 10.0 Å². The van der Waals surface area contributed by atoms with Crippen molar-refractivity contribution in [2.24, 2.45) is 0 Å². The highest BCUT2D eigenvalue weighted by Crippen LogP contribution is 2.37. The van der Waals surface area contributed by atoms with Gasteiger partial charge in [0.15, 0.2) is 12.0 Å². The number of hydrogen-bond acceptors (Lipinski definition) is 3. The molecule has 1 aromatic carbocycles. The van der Waals surface area contributed by atoms with Gasteiger partial charge in [0.05, 0.1) is 10.0 Å². The van der Waals surface area contributed by atoms with Gasteiger partial charge in [0.1, 0.15) is 5.75 Å². The van der Waals surface area contributed by atoms with E-state index in [0.29, 0.717) is 16.6 Å². The number of rotatable bonds is 4. The van der Waals surface area contributed by atoms with E-state index in [1.165, 1.54) is 18.6 Å². The number of halogens is 5. The standard InChI is InChI=1S/C13H14Cl2F3NOS/c14-11-6-9(20-21-13(16,17)18)7-12(15)10(11)8-19-4-2-1-3-5-19/h6-7H,1-5,8H2. The van der Waals surface area contributed by atoms with Gasteiger partial charge in [0.2, 0.25) is 0 Å². The molecule has 2 nitrogen and oxygen atoms in total. The second-order valence-corrected chi connectivity index (χ2v) is 6.43. The highest BCUT2D eigenvalue weighted by molar-refractivity contribution is 7.95. The Morgan fingerprint density at radius 2 is 1.67 bits per heavy atom. The van der Waals surface area contributed by atoms with Crippen molar-refractivity contribution in [3.05, 3.63) is 27.7 Å². The summed E-state index contributed by atoms with van der Waals surface area (Å²) in [4.78, 5) is 2.24. The van der Waals surface area contributed by atoms with E-state index in [0.717, 1.165) is 31.5 Å². The fourth-order valence-corrected chi connectivity index (χ4v) is 3.09. The first-order chi connectivity index (χ1) is 9.85. The molecule has 0 bridgehead atoms. The van der Waals surface area contributed by atoms with Crippen molar-refractivity contribution in [2.45, 2.75) is 31.3 Å². The minimum atomic E-state index is -4.47. The van der Waals surface area contributed by atoms with Gasteiger partial charge in [0.25, 0.3) is 0 Å². The van der Waals surface area contributed by atoms with Crippen LogP contribution in [0.15, 0.2) is 12.1 Å². The second kappa shape index (κ2) is 7.31. The topological polar surface area (TPSA) is 12.5 Å². The van der Waals surface area contributed by atoms with Crippen LogP contribution in [-0.4, -0.2) is 23.5 Å². The van der Waals surface area contributed by atoms with Gasteiger partial charge < -0.3 is 4.18 Å². The lowest BCUT2D eigenvalue weighted by Gasteiger charge is -2.27.